The van der Waals surface area contributed by atoms with Gasteiger partial charge in [0.15, 0.2) is 0 Å². The van der Waals surface area contributed by atoms with Crippen LogP contribution in [0, 0.1) is 0 Å². The summed E-state index contributed by atoms with van der Waals surface area (Å²) >= 11 is 12.6. The number of rotatable bonds is 5. The van der Waals surface area contributed by atoms with Crippen LogP contribution in [0.4, 0.5) is 0 Å². The van der Waals surface area contributed by atoms with E-state index in [0.29, 0.717) is 21.4 Å². The molecule has 7 nitrogen and oxygen atoms in total. The highest BCUT2D eigenvalue weighted by Gasteiger charge is 2.17. The van der Waals surface area contributed by atoms with E-state index in [2.05, 4.69) is 25.3 Å². The lowest BCUT2D eigenvalue weighted by Crippen LogP contribution is -2.05. The molecule has 0 bridgehead atoms. The monoisotopic (exact) mass is 464 g/mol. The second-order valence-corrected chi connectivity index (χ2v) is 8.21. The van der Waals surface area contributed by atoms with E-state index in [9.17, 15) is 0 Å². The molecule has 1 N–H and O–H groups in total. The third-order valence-electron chi connectivity index (χ3n) is 5.18. The standard InChI is InChI=1S/C23H18Cl2N6O/c1-13(22-18(24)10-26-11-19(22)25)32-16-4-6-21-17(7-16)23(30-29-21)14-3-5-20(27-8-14)15-9-28-31(2)12-15/h3-13H,1-2H3,(H,29,30). The van der Waals surface area contributed by atoms with Crippen molar-refractivity contribution in [1.29, 1.82) is 0 Å². The van der Waals surface area contributed by atoms with E-state index >= 15 is 0 Å². The van der Waals surface area contributed by atoms with Gasteiger partial charge in [-0.25, -0.2) is 0 Å². The summed E-state index contributed by atoms with van der Waals surface area (Å²) in [5, 5.41) is 13.6. The first-order valence-corrected chi connectivity index (χ1v) is 10.6. The van der Waals surface area contributed by atoms with E-state index in [0.717, 1.165) is 33.4 Å². The third-order valence-corrected chi connectivity index (χ3v) is 5.78. The van der Waals surface area contributed by atoms with Gasteiger partial charge in [0.25, 0.3) is 0 Å². The molecule has 1 atom stereocenters. The fourth-order valence-electron chi connectivity index (χ4n) is 3.62. The second-order valence-electron chi connectivity index (χ2n) is 7.39. The molecule has 0 aliphatic heterocycles. The number of aromatic amines is 1. The molecule has 0 fully saturated rings. The molecule has 0 saturated heterocycles. The van der Waals surface area contributed by atoms with Crippen LogP contribution in [0.2, 0.25) is 10.0 Å². The number of aryl methyl sites for hydroxylation is 1. The van der Waals surface area contributed by atoms with Crippen molar-refractivity contribution in [3.63, 3.8) is 0 Å². The molecule has 0 saturated carbocycles. The summed E-state index contributed by atoms with van der Waals surface area (Å²) in [6.07, 6.45) is 8.29. The first kappa shape index (κ1) is 20.5. The van der Waals surface area contributed by atoms with Gasteiger partial charge in [0, 0.05) is 53.9 Å². The normalized spacial score (nSPS) is 12.2. The summed E-state index contributed by atoms with van der Waals surface area (Å²) in [6.45, 7) is 1.90. The van der Waals surface area contributed by atoms with Crippen LogP contribution >= 0.6 is 23.2 Å². The van der Waals surface area contributed by atoms with Gasteiger partial charge >= 0.3 is 0 Å². The lowest BCUT2D eigenvalue weighted by atomic mass is 10.1. The van der Waals surface area contributed by atoms with E-state index in [-0.39, 0.29) is 6.10 Å². The van der Waals surface area contributed by atoms with Crippen LogP contribution in [0.1, 0.15) is 18.6 Å². The lowest BCUT2D eigenvalue weighted by molar-refractivity contribution is 0.227. The Hall–Kier alpha value is -3.42. The van der Waals surface area contributed by atoms with Gasteiger partial charge in [0.05, 0.1) is 27.5 Å². The molecule has 32 heavy (non-hydrogen) atoms. The Morgan fingerprint density at radius 2 is 1.81 bits per heavy atom. The topological polar surface area (TPSA) is 81.5 Å². The van der Waals surface area contributed by atoms with Crippen molar-refractivity contribution in [2.45, 2.75) is 13.0 Å². The molecule has 160 valence electrons. The zero-order valence-electron chi connectivity index (χ0n) is 17.3. The second kappa shape index (κ2) is 8.26. The number of fused-ring (bicyclic) bond motifs is 1. The Morgan fingerprint density at radius 3 is 2.50 bits per heavy atom. The van der Waals surface area contributed by atoms with Gasteiger partial charge in [0.1, 0.15) is 17.5 Å². The number of ether oxygens (including phenoxy) is 1. The van der Waals surface area contributed by atoms with Crippen LogP contribution in [-0.2, 0) is 7.05 Å². The van der Waals surface area contributed by atoms with Gasteiger partial charge < -0.3 is 4.74 Å². The maximum atomic E-state index is 6.28. The Morgan fingerprint density at radius 1 is 1.00 bits per heavy atom. The summed E-state index contributed by atoms with van der Waals surface area (Å²) < 4.78 is 7.90. The molecular formula is C23H18Cl2N6O. The summed E-state index contributed by atoms with van der Waals surface area (Å²) in [7, 11) is 1.88. The predicted octanol–water partition coefficient (Wildman–Crippen LogP) is 5.87. The van der Waals surface area contributed by atoms with Crippen LogP contribution < -0.4 is 4.74 Å². The van der Waals surface area contributed by atoms with Crippen molar-refractivity contribution in [2.24, 2.45) is 7.05 Å². The number of nitrogens with zero attached hydrogens (tertiary/aromatic N) is 5. The Labute approximate surface area is 194 Å². The maximum absolute atomic E-state index is 6.28. The predicted molar refractivity (Wildman–Crippen MR) is 125 cm³/mol. The average molecular weight is 465 g/mol. The van der Waals surface area contributed by atoms with E-state index < -0.39 is 0 Å². The number of halogens is 2. The highest BCUT2D eigenvalue weighted by Crippen LogP contribution is 2.35. The van der Waals surface area contributed by atoms with E-state index in [1.165, 1.54) is 0 Å². The Balaban J connectivity index is 1.45. The van der Waals surface area contributed by atoms with Crippen LogP contribution in [0.15, 0.2) is 61.3 Å². The number of H-pyrrole nitrogens is 1. The van der Waals surface area contributed by atoms with Gasteiger partial charge in [-0.2, -0.15) is 10.2 Å². The summed E-state index contributed by atoms with van der Waals surface area (Å²) in [6, 6.07) is 9.72. The average Bonchev–Trinajstić information content (AvgIpc) is 3.40. The molecule has 0 amide bonds. The highest BCUT2D eigenvalue weighted by atomic mass is 35.5. The van der Waals surface area contributed by atoms with E-state index in [1.54, 1.807) is 23.3 Å². The zero-order chi connectivity index (χ0) is 22.2. The van der Waals surface area contributed by atoms with Gasteiger partial charge in [-0.3, -0.25) is 19.7 Å². The van der Waals surface area contributed by atoms with Crippen molar-refractivity contribution in [2.75, 3.05) is 0 Å². The van der Waals surface area contributed by atoms with Gasteiger partial charge in [-0.1, -0.05) is 23.2 Å². The molecule has 5 rings (SSSR count). The number of aromatic nitrogens is 6. The van der Waals surface area contributed by atoms with E-state index in [4.69, 9.17) is 27.9 Å². The van der Waals surface area contributed by atoms with Gasteiger partial charge in [0.2, 0.25) is 0 Å². The number of hydrogen-bond acceptors (Lipinski definition) is 5. The molecule has 0 aliphatic carbocycles. The van der Waals surface area contributed by atoms with Crippen LogP contribution in [0.3, 0.4) is 0 Å². The highest BCUT2D eigenvalue weighted by molar-refractivity contribution is 6.35. The molecule has 0 aliphatic rings. The maximum Gasteiger partial charge on any atom is 0.124 e. The molecule has 1 unspecified atom stereocenters. The Kier molecular flexibility index (Phi) is 5.28. The third kappa shape index (κ3) is 3.81. The number of pyridine rings is 2. The number of benzene rings is 1. The summed E-state index contributed by atoms with van der Waals surface area (Å²) in [4.78, 5) is 8.58. The molecule has 9 heteroatoms. The zero-order valence-corrected chi connectivity index (χ0v) is 18.8. The molecule has 5 aromatic rings. The molecule has 0 radical (unpaired) electrons. The van der Waals surface area contributed by atoms with Crippen LogP contribution in [0.25, 0.3) is 33.4 Å². The van der Waals surface area contributed by atoms with Crippen molar-refractivity contribution >= 4 is 34.1 Å². The minimum absolute atomic E-state index is 0.355. The van der Waals surface area contributed by atoms with Gasteiger partial charge in [-0.15, -0.1) is 0 Å². The van der Waals surface area contributed by atoms with Crippen LogP contribution in [0.5, 0.6) is 5.75 Å². The fourth-order valence-corrected chi connectivity index (χ4v) is 4.29. The molecule has 1 aromatic carbocycles. The Bertz CT molecular complexity index is 1390. The summed E-state index contributed by atoms with van der Waals surface area (Å²) in [5.41, 5.74) is 5.11. The van der Waals surface area contributed by atoms with Crippen molar-refractivity contribution < 1.29 is 4.74 Å². The molecule has 4 aromatic heterocycles. The minimum Gasteiger partial charge on any atom is -0.486 e. The number of nitrogens with one attached hydrogen (secondary N) is 1. The largest absolute Gasteiger partial charge is 0.486 e. The SMILES string of the molecule is CC(Oc1ccc2[nH]nc(-c3ccc(-c4cnn(C)c4)nc3)c2c1)c1c(Cl)cncc1Cl. The fraction of sp³-hybridized carbons (Fsp3) is 0.130. The first-order chi connectivity index (χ1) is 15.5. The van der Waals surface area contributed by atoms with Crippen LogP contribution in [-0.4, -0.2) is 29.9 Å². The van der Waals surface area contributed by atoms with Crippen molar-refractivity contribution in [3.8, 4) is 28.3 Å². The lowest BCUT2D eigenvalue weighted by Gasteiger charge is -2.17. The summed E-state index contributed by atoms with van der Waals surface area (Å²) in [5.74, 6) is 0.677. The smallest absolute Gasteiger partial charge is 0.124 e. The molecular weight excluding hydrogens is 447 g/mol. The number of hydrogen-bond donors (Lipinski definition) is 1. The molecule has 4 heterocycles. The van der Waals surface area contributed by atoms with Crippen molar-refractivity contribution in [3.05, 3.63) is 76.9 Å². The van der Waals surface area contributed by atoms with Gasteiger partial charge in [-0.05, 0) is 37.3 Å². The van der Waals surface area contributed by atoms with E-state index in [1.807, 2.05) is 56.7 Å². The quantitative estimate of drug-likeness (QED) is 0.351. The minimum atomic E-state index is -0.355. The first-order valence-electron chi connectivity index (χ1n) is 9.88. The van der Waals surface area contributed by atoms with Crippen molar-refractivity contribution in [1.82, 2.24) is 29.9 Å². The molecule has 0 spiro atoms.